The number of aryl methyl sites for hydroxylation is 2. The molecule has 7 heteroatoms. The van der Waals surface area contributed by atoms with E-state index in [0.717, 1.165) is 24.5 Å². The van der Waals surface area contributed by atoms with Gasteiger partial charge in [0, 0.05) is 45.6 Å². The summed E-state index contributed by atoms with van der Waals surface area (Å²) in [4.78, 5) is 33.4. The summed E-state index contributed by atoms with van der Waals surface area (Å²) in [5.74, 6) is 0.722. The Kier molecular flexibility index (Phi) is 6.46. The van der Waals surface area contributed by atoms with Crippen LogP contribution in [0.3, 0.4) is 0 Å². The van der Waals surface area contributed by atoms with Crippen molar-refractivity contribution in [3.8, 4) is 0 Å². The summed E-state index contributed by atoms with van der Waals surface area (Å²) in [6.07, 6.45) is 3.82. The van der Waals surface area contributed by atoms with E-state index in [1.807, 2.05) is 17.7 Å². The summed E-state index contributed by atoms with van der Waals surface area (Å²) in [5.41, 5.74) is 2.36. The molecule has 0 spiro atoms. The van der Waals surface area contributed by atoms with Crippen LogP contribution in [-0.2, 0) is 29.2 Å². The van der Waals surface area contributed by atoms with Crippen molar-refractivity contribution in [3.05, 3.63) is 53.6 Å². The predicted molar refractivity (Wildman–Crippen MR) is 107 cm³/mol. The lowest BCUT2D eigenvalue weighted by molar-refractivity contribution is -0.138. The second-order valence-corrected chi connectivity index (χ2v) is 7.35. The van der Waals surface area contributed by atoms with Crippen LogP contribution >= 0.6 is 0 Å². The maximum absolute atomic E-state index is 12.8. The average Bonchev–Trinajstić information content (AvgIpc) is 3.13. The molecule has 1 fully saturated rings. The Bertz CT molecular complexity index is 814. The summed E-state index contributed by atoms with van der Waals surface area (Å²) >= 11 is 0. The molecule has 1 aromatic carbocycles. The molecule has 1 atom stereocenters. The molecule has 2 aromatic rings. The number of carbonyl (C=O) groups excluding carboxylic acids is 2. The lowest BCUT2D eigenvalue weighted by atomic mass is 10.1. The molecule has 1 saturated heterocycles. The first-order chi connectivity index (χ1) is 13.5. The molecule has 1 aromatic heterocycles. The summed E-state index contributed by atoms with van der Waals surface area (Å²) in [6.45, 7) is 7.36. The van der Waals surface area contributed by atoms with Crippen molar-refractivity contribution in [1.29, 1.82) is 0 Å². The Labute approximate surface area is 166 Å². The van der Waals surface area contributed by atoms with Crippen molar-refractivity contribution in [3.63, 3.8) is 0 Å². The zero-order chi connectivity index (χ0) is 20.1. The molecule has 1 unspecified atom stereocenters. The van der Waals surface area contributed by atoms with Crippen LogP contribution in [0, 0.1) is 6.92 Å². The van der Waals surface area contributed by atoms with E-state index in [0.29, 0.717) is 19.6 Å². The molecular formula is C21H29N5O2. The van der Waals surface area contributed by atoms with Crippen LogP contribution in [-0.4, -0.2) is 57.3 Å². The fourth-order valence-electron chi connectivity index (χ4n) is 3.50. The number of nitrogens with one attached hydrogen (secondary N) is 1. The summed E-state index contributed by atoms with van der Waals surface area (Å²) in [7, 11) is 1.77. The van der Waals surface area contributed by atoms with Crippen LogP contribution in [0.15, 0.2) is 36.7 Å². The molecule has 1 aliphatic heterocycles. The van der Waals surface area contributed by atoms with E-state index in [2.05, 4.69) is 46.4 Å². The molecule has 1 N–H and O–H groups in total. The van der Waals surface area contributed by atoms with Crippen molar-refractivity contribution in [2.45, 2.75) is 45.9 Å². The Hall–Kier alpha value is -2.67. The molecule has 2 heterocycles. The smallest absolute Gasteiger partial charge is 0.237 e. The topological polar surface area (TPSA) is 70.5 Å². The third kappa shape index (κ3) is 4.78. The van der Waals surface area contributed by atoms with Gasteiger partial charge in [0.2, 0.25) is 11.8 Å². The van der Waals surface area contributed by atoms with Gasteiger partial charge in [-0.3, -0.25) is 14.5 Å². The second-order valence-electron chi connectivity index (χ2n) is 7.35. The van der Waals surface area contributed by atoms with Gasteiger partial charge in [-0.15, -0.1) is 0 Å². The molecule has 2 amide bonds. The Morgan fingerprint density at radius 2 is 2.07 bits per heavy atom. The molecule has 0 saturated carbocycles. The molecule has 7 nitrogen and oxygen atoms in total. The number of aromatic nitrogens is 2. The van der Waals surface area contributed by atoms with Crippen LogP contribution in [0.4, 0.5) is 0 Å². The number of piperazine rings is 1. The van der Waals surface area contributed by atoms with Gasteiger partial charge in [0.1, 0.15) is 5.82 Å². The van der Waals surface area contributed by atoms with E-state index < -0.39 is 6.04 Å². The van der Waals surface area contributed by atoms with E-state index >= 15 is 0 Å². The number of imidazole rings is 1. The van der Waals surface area contributed by atoms with Crippen molar-refractivity contribution in [2.24, 2.45) is 0 Å². The number of amides is 2. The first-order valence-corrected chi connectivity index (χ1v) is 9.79. The van der Waals surface area contributed by atoms with E-state index in [4.69, 9.17) is 0 Å². The van der Waals surface area contributed by atoms with Gasteiger partial charge >= 0.3 is 0 Å². The van der Waals surface area contributed by atoms with E-state index in [1.165, 1.54) is 5.56 Å². The maximum Gasteiger partial charge on any atom is 0.237 e. The van der Waals surface area contributed by atoms with E-state index in [9.17, 15) is 9.59 Å². The Morgan fingerprint density at radius 3 is 2.79 bits per heavy atom. The van der Waals surface area contributed by atoms with E-state index in [-0.39, 0.29) is 18.2 Å². The third-order valence-electron chi connectivity index (χ3n) is 5.26. The molecule has 150 valence electrons. The SMILES string of the molecule is CCn1ccnc1CN(C)C(=O)CC1C(=O)NCCN1Cc1ccc(C)cc1. The quantitative estimate of drug-likeness (QED) is 0.788. The Balaban J connectivity index is 1.65. The lowest BCUT2D eigenvalue weighted by Crippen LogP contribution is -2.56. The van der Waals surface area contributed by atoms with Crippen LogP contribution in [0.5, 0.6) is 0 Å². The fraction of sp³-hybridized carbons (Fsp3) is 0.476. The van der Waals surface area contributed by atoms with Crippen LogP contribution in [0.25, 0.3) is 0 Å². The minimum Gasteiger partial charge on any atom is -0.353 e. The number of nitrogens with zero attached hydrogens (tertiary/aromatic N) is 4. The second kappa shape index (κ2) is 9.01. The van der Waals surface area contributed by atoms with Crippen molar-refractivity contribution in [1.82, 2.24) is 24.7 Å². The third-order valence-corrected chi connectivity index (χ3v) is 5.26. The van der Waals surface area contributed by atoms with Crippen LogP contribution in [0.2, 0.25) is 0 Å². The molecule has 28 heavy (non-hydrogen) atoms. The first-order valence-electron chi connectivity index (χ1n) is 9.79. The van der Waals surface area contributed by atoms with Gasteiger partial charge in [0.25, 0.3) is 0 Å². The van der Waals surface area contributed by atoms with Gasteiger partial charge in [0.05, 0.1) is 19.0 Å². The highest BCUT2D eigenvalue weighted by Crippen LogP contribution is 2.16. The van der Waals surface area contributed by atoms with E-state index in [1.54, 1.807) is 18.1 Å². The lowest BCUT2D eigenvalue weighted by Gasteiger charge is -2.35. The Morgan fingerprint density at radius 1 is 1.32 bits per heavy atom. The molecule has 0 bridgehead atoms. The summed E-state index contributed by atoms with van der Waals surface area (Å²) in [5, 5.41) is 2.90. The standard InChI is InChI=1S/C21H29N5O2/c1-4-25-11-9-22-19(25)15-24(3)20(27)13-18-21(28)23-10-12-26(18)14-17-7-5-16(2)6-8-17/h5-9,11,18H,4,10,12-15H2,1-3H3,(H,23,28). The highest BCUT2D eigenvalue weighted by atomic mass is 16.2. The monoisotopic (exact) mass is 383 g/mol. The van der Waals surface area contributed by atoms with Gasteiger partial charge in [-0.05, 0) is 19.4 Å². The van der Waals surface area contributed by atoms with Crippen molar-refractivity contribution >= 4 is 11.8 Å². The number of benzene rings is 1. The van der Waals surface area contributed by atoms with Gasteiger partial charge in [-0.2, -0.15) is 0 Å². The minimum atomic E-state index is -0.448. The highest BCUT2D eigenvalue weighted by Gasteiger charge is 2.32. The maximum atomic E-state index is 12.8. The van der Waals surface area contributed by atoms with Gasteiger partial charge in [-0.25, -0.2) is 4.98 Å². The summed E-state index contributed by atoms with van der Waals surface area (Å²) < 4.78 is 2.01. The molecular weight excluding hydrogens is 354 g/mol. The molecule has 1 aliphatic rings. The number of hydrogen-bond acceptors (Lipinski definition) is 4. The van der Waals surface area contributed by atoms with Gasteiger partial charge in [0.15, 0.2) is 0 Å². The predicted octanol–water partition coefficient (Wildman–Crippen LogP) is 1.56. The van der Waals surface area contributed by atoms with Crippen LogP contribution < -0.4 is 5.32 Å². The van der Waals surface area contributed by atoms with Gasteiger partial charge in [-0.1, -0.05) is 29.8 Å². The minimum absolute atomic E-state index is 0.0541. The zero-order valence-corrected chi connectivity index (χ0v) is 16.9. The fourth-order valence-corrected chi connectivity index (χ4v) is 3.50. The molecule has 0 radical (unpaired) electrons. The average molecular weight is 383 g/mol. The highest BCUT2D eigenvalue weighted by molar-refractivity contribution is 5.88. The normalized spacial score (nSPS) is 17.4. The van der Waals surface area contributed by atoms with Gasteiger partial charge < -0.3 is 14.8 Å². The first kappa shape index (κ1) is 20.1. The van der Waals surface area contributed by atoms with Crippen molar-refractivity contribution < 1.29 is 9.59 Å². The number of carbonyl (C=O) groups is 2. The van der Waals surface area contributed by atoms with Crippen molar-refractivity contribution in [2.75, 3.05) is 20.1 Å². The number of rotatable bonds is 7. The zero-order valence-electron chi connectivity index (χ0n) is 16.9. The van der Waals surface area contributed by atoms with Crippen LogP contribution in [0.1, 0.15) is 30.3 Å². The number of hydrogen-bond donors (Lipinski definition) is 1. The molecule has 0 aliphatic carbocycles. The molecule has 3 rings (SSSR count). The summed E-state index contributed by atoms with van der Waals surface area (Å²) in [6, 6.07) is 7.86. The largest absolute Gasteiger partial charge is 0.353 e.